The number of pyridine rings is 1. The molecule has 2 aromatic heterocycles. The predicted octanol–water partition coefficient (Wildman–Crippen LogP) is 4.50. The summed E-state index contributed by atoms with van der Waals surface area (Å²) in [5.41, 5.74) is 4.57. The number of phenolic OH excluding ortho intramolecular Hbond substituents is 1. The Balaban J connectivity index is 1.71. The molecule has 140 valence electrons. The predicted molar refractivity (Wildman–Crippen MR) is 109 cm³/mol. The van der Waals surface area contributed by atoms with E-state index in [2.05, 4.69) is 15.3 Å². The molecule has 6 nitrogen and oxygen atoms in total. The number of benzene rings is 2. The second kappa shape index (κ2) is 7.08. The van der Waals surface area contributed by atoms with Crippen molar-refractivity contribution < 1.29 is 14.6 Å². The van der Waals surface area contributed by atoms with Gasteiger partial charge in [-0.25, -0.2) is 4.98 Å². The van der Waals surface area contributed by atoms with Crippen LogP contribution >= 0.6 is 0 Å². The van der Waals surface area contributed by atoms with Gasteiger partial charge in [0, 0.05) is 28.9 Å². The van der Waals surface area contributed by atoms with Crippen molar-refractivity contribution >= 4 is 22.6 Å². The van der Waals surface area contributed by atoms with Gasteiger partial charge in [0.1, 0.15) is 5.65 Å². The number of H-pyrrole nitrogens is 1. The number of carbonyl (C=O) groups is 1. The Bertz CT molecular complexity index is 1180. The van der Waals surface area contributed by atoms with Crippen LogP contribution < -0.4 is 10.1 Å². The summed E-state index contributed by atoms with van der Waals surface area (Å²) in [6, 6.07) is 14.5. The molecule has 0 aliphatic rings. The van der Waals surface area contributed by atoms with E-state index in [1.54, 1.807) is 36.7 Å². The fraction of sp³-hybridized carbons (Fsp3) is 0.0909. The smallest absolute Gasteiger partial charge is 0.255 e. The quantitative estimate of drug-likeness (QED) is 0.491. The first-order valence-electron chi connectivity index (χ1n) is 8.78. The number of fused-ring (bicyclic) bond motifs is 1. The van der Waals surface area contributed by atoms with Crippen LogP contribution in [0.3, 0.4) is 0 Å². The van der Waals surface area contributed by atoms with E-state index in [4.69, 9.17) is 4.74 Å². The molecule has 2 aromatic carbocycles. The fourth-order valence-electron chi connectivity index (χ4n) is 3.14. The maximum absolute atomic E-state index is 12.7. The number of methoxy groups -OCH3 is 1. The molecule has 0 saturated heterocycles. The van der Waals surface area contributed by atoms with Gasteiger partial charge in [-0.1, -0.05) is 24.3 Å². The van der Waals surface area contributed by atoms with Crippen molar-refractivity contribution in [3.05, 3.63) is 72.1 Å². The summed E-state index contributed by atoms with van der Waals surface area (Å²) in [5, 5.41) is 13.6. The first kappa shape index (κ1) is 17.6. The number of hydrogen-bond acceptors (Lipinski definition) is 4. The van der Waals surface area contributed by atoms with Crippen molar-refractivity contribution in [3.8, 4) is 22.6 Å². The van der Waals surface area contributed by atoms with Crippen molar-refractivity contribution in [2.45, 2.75) is 6.92 Å². The van der Waals surface area contributed by atoms with Crippen molar-refractivity contribution in [2.24, 2.45) is 0 Å². The molecule has 0 bridgehead atoms. The van der Waals surface area contributed by atoms with Gasteiger partial charge in [-0.15, -0.1) is 0 Å². The fourth-order valence-corrected chi connectivity index (χ4v) is 3.14. The number of carbonyl (C=O) groups excluding carboxylic acids is 1. The molecule has 2 heterocycles. The molecule has 6 heteroatoms. The number of aromatic nitrogens is 2. The van der Waals surface area contributed by atoms with Gasteiger partial charge in [0.25, 0.3) is 5.91 Å². The van der Waals surface area contributed by atoms with Gasteiger partial charge in [-0.2, -0.15) is 0 Å². The number of rotatable bonds is 4. The van der Waals surface area contributed by atoms with Gasteiger partial charge < -0.3 is 20.1 Å². The zero-order chi connectivity index (χ0) is 19.7. The van der Waals surface area contributed by atoms with Gasteiger partial charge in [0.15, 0.2) is 11.5 Å². The molecular weight excluding hydrogens is 354 g/mol. The van der Waals surface area contributed by atoms with E-state index in [9.17, 15) is 9.90 Å². The lowest BCUT2D eigenvalue weighted by molar-refractivity contribution is 0.102. The number of ether oxygens (including phenoxy) is 1. The highest BCUT2D eigenvalue weighted by Gasteiger charge is 2.13. The number of nitrogens with zero attached hydrogens (tertiary/aromatic N) is 1. The topological polar surface area (TPSA) is 87.2 Å². The van der Waals surface area contributed by atoms with E-state index in [1.807, 2.05) is 31.2 Å². The standard InChI is InChI=1S/C22H19N3O3/c1-13-5-3-4-6-16(13)22(27)25-18-12-24-21-17(18)9-15(11-23-21)14-7-8-19(26)20(10-14)28-2/h3-12,26H,1-2H3,(H,23,24)(H,25,27). The molecule has 0 unspecified atom stereocenters. The lowest BCUT2D eigenvalue weighted by atomic mass is 10.1. The molecule has 0 aliphatic heterocycles. The van der Waals surface area contributed by atoms with Crippen molar-refractivity contribution in [2.75, 3.05) is 12.4 Å². The number of nitrogens with one attached hydrogen (secondary N) is 2. The van der Waals surface area contributed by atoms with E-state index >= 15 is 0 Å². The minimum Gasteiger partial charge on any atom is -0.504 e. The normalized spacial score (nSPS) is 10.8. The summed E-state index contributed by atoms with van der Waals surface area (Å²) in [5.74, 6) is 0.295. The first-order chi connectivity index (χ1) is 13.6. The summed E-state index contributed by atoms with van der Waals surface area (Å²) < 4.78 is 5.18. The van der Waals surface area contributed by atoms with Crippen LogP contribution in [0.2, 0.25) is 0 Å². The van der Waals surface area contributed by atoms with Gasteiger partial charge in [-0.05, 0) is 42.3 Å². The minimum atomic E-state index is -0.171. The number of anilines is 1. The Morgan fingerprint density at radius 2 is 1.96 bits per heavy atom. The molecule has 0 fully saturated rings. The SMILES string of the molecule is COc1cc(-c2cnc3[nH]cc(NC(=O)c4ccccc4C)c3c2)ccc1O. The average molecular weight is 373 g/mol. The van der Waals surface area contributed by atoms with Gasteiger partial charge >= 0.3 is 0 Å². The third-order valence-electron chi connectivity index (χ3n) is 4.68. The summed E-state index contributed by atoms with van der Waals surface area (Å²) >= 11 is 0. The maximum Gasteiger partial charge on any atom is 0.255 e. The molecule has 0 spiro atoms. The van der Waals surface area contributed by atoms with Gasteiger partial charge in [-0.3, -0.25) is 4.79 Å². The molecule has 4 rings (SSSR count). The summed E-state index contributed by atoms with van der Waals surface area (Å²) in [6.07, 6.45) is 3.46. The third kappa shape index (κ3) is 3.16. The van der Waals surface area contributed by atoms with Crippen molar-refractivity contribution in [1.29, 1.82) is 0 Å². The van der Waals surface area contributed by atoms with Gasteiger partial charge in [0.05, 0.1) is 12.8 Å². The lowest BCUT2D eigenvalue weighted by Gasteiger charge is -2.08. The molecule has 0 radical (unpaired) electrons. The third-order valence-corrected chi connectivity index (χ3v) is 4.68. The number of aromatic hydroxyl groups is 1. The van der Waals surface area contributed by atoms with Crippen LogP contribution in [0, 0.1) is 6.92 Å². The zero-order valence-electron chi connectivity index (χ0n) is 15.5. The summed E-state index contributed by atoms with van der Waals surface area (Å²) in [7, 11) is 1.51. The van der Waals surface area contributed by atoms with Crippen molar-refractivity contribution in [3.63, 3.8) is 0 Å². The highest BCUT2D eigenvalue weighted by Crippen LogP contribution is 2.33. The van der Waals surface area contributed by atoms with Crippen LogP contribution in [0.25, 0.3) is 22.2 Å². The maximum atomic E-state index is 12.7. The molecule has 28 heavy (non-hydrogen) atoms. The Hall–Kier alpha value is -3.80. The van der Waals surface area contributed by atoms with E-state index in [0.717, 1.165) is 22.1 Å². The number of aromatic amines is 1. The van der Waals surface area contributed by atoms with E-state index < -0.39 is 0 Å². The summed E-state index contributed by atoms with van der Waals surface area (Å²) in [6.45, 7) is 1.90. The van der Waals surface area contributed by atoms with Crippen LogP contribution in [-0.4, -0.2) is 28.1 Å². The number of hydrogen-bond donors (Lipinski definition) is 3. The molecule has 0 saturated carbocycles. The number of aryl methyl sites for hydroxylation is 1. The van der Waals surface area contributed by atoms with Crippen molar-refractivity contribution in [1.82, 2.24) is 9.97 Å². The molecule has 3 N–H and O–H groups in total. The lowest BCUT2D eigenvalue weighted by Crippen LogP contribution is -2.12. The number of amides is 1. The largest absolute Gasteiger partial charge is 0.504 e. The molecule has 4 aromatic rings. The van der Waals surface area contributed by atoms with E-state index in [1.165, 1.54) is 7.11 Å². The minimum absolute atomic E-state index is 0.0770. The number of phenols is 1. The second-order valence-corrected chi connectivity index (χ2v) is 6.48. The summed E-state index contributed by atoms with van der Waals surface area (Å²) in [4.78, 5) is 20.2. The van der Waals surface area contributed by atoms with Gasteiger partial charge in [0.2, 0.25) is 0 Å². The van der Waals surface area contributed by atoms with E-state index in [0.29, 0.717) is 22.6 Å². The highest BCUT2D eigenvalue weighted by molar-refractivity contribution is 6.09. The molecule has 1 amide bonds. The molecular formula is C22H19N3O3. The Morgan fingerprint density at radius 3 is 2.75 bits per heavy atom. The molecule has 0 atom stereocenters. The van der Waals surface area contributed by atoms with E-state index in [-0.39, 0.29) is 11.7 Å². The zero-order valence-corrected chi connectivity index (χ0v) is 15.5. The van der Waals surface area contributed by atoms with Crippen LogP contribution in [0.1, 0.15) is 15.9 Å². The first-order valence-corrected chi connectivity index (χ1v) is 8.78. The van der Waals surface area contributed by atoms with Crippen LogP contribution in [-0.2, 0) is 0 Å². The van der Waals surface area contributed by atoms with Crippen LogP contribution in [0.15, 0.2) is 60.9 Å². The monoisotopic (exact) mass is 373 g/mol. The Morgan fingerprint density at radius 1 is 1.14 bits per heavy atom. The highest BCUT2D eigenvalue weighted by atomic mass is 16.5. The second-order valence-electron chi connectivity index (χ2n) is 6.48. The molecule has 0 aliphatic carbocycles. The Kier molecular flexibility index (Phi) is 4.45. The van der Waals surface area contributed by atoms with Crippen LogP contribution in [0.5, 0.6) is 11.5 Å². The van der Waals surface area contributed by atoms with Crippen LogP contribution in [0.4, 0.5) is 5.69 Å². The average Bonchev–Trinajstić information content (AvgIpc) is 3.10. The Labute approximate surface area is 161 Å².